The molecular formula is C7H16N2O2. The normalized spacial score (nSPS) is 13.2. The lowest BCUT2D eigenvalue weighted by molar-refractivity contribution is -0.563. The molecule has 0 aliphatic carbocycles. The van der Waals surface area contributed by atoms with E-state index in [0.717, 1.165) is 0 Å². The van der Waals surface area contributed by atoms with Gasteiger partial charge in [-0.25, -0.2) is 0 Å². The molecule has 4 heteroatoms. The molecule has 0 unspecified atom stereocenters. The molecule has 0 aromatic heterocycles. The fourth-order valence-corrected chi connectivity index (χ4v) is 1.18. The van der Waals surface area contributed by atoms with Crippen LogP contribution in [0, 0.1) is 10.1 Å². The van der Waals surface area contributed by atoms with Gasteiger partial charge < -0.3 is 5.73 Å². The Morgan fingerprint density at radius 3 is 1.82 bits per heavy atom. The highest BCUT2D eigenvalue weighted by molar-refractivity contribution is 4.81. The summed E-state index contributed by atoms with van der Waals surface area (Å²) >= 11 is 0. The molecule has 0 aromatic rings. The van der Waals surface area contributed by atoms with E-state index in [9.17, 15) is 10.1 Å². The highest BCUT2D eigenvalue weighted by Crippen LogP contribution is 2.20. The Balaban J connectivity index is 4.25. The second-order valence-corrected chi connectivity index (χ2v) is 4.23. The van der Waals surface area contributed by atoms with Crippen molar-refractivity contribution in [2.24, 2.45) is 5.73 Å². The maximum Gasteiger partial charge on any atom is 0.218 e. The van der Waals surface area contributed by atoms with Gasteiger partial charge in [-0.3, -0.25) is 10.1 Å². The summed E-state index contributed by atoms with van der Waals surface area (Å²) in [6.45, 7) is 6.75. The van der Waals surface area contributed by atoms with Gasteiger partial charge in [-0.15, -0.1) is 0 Å². The third-order valence-electron chi connectivity index (χ3n) is 1.38. The SMILES string of the molecule is CC(C)(N)CC(C)(C)[N+](=O)[O-]. The lowest BCUT2D eigenvalue weighted by Crippen LogP contribution is -2.44. The van der Waals surface area contributed by atoms with Gasteiger partial charge in [0.2, 0.25) is 5.54 Å². The molecule has 0 fully saturated rings. The molecule has 66 valence electrons. The maximum absolute atomic E-state index is 10.4. The smallest absolute Gasteiger partial charge is 0.218 e. The van der Waals surface area contributed by atoms with Crippen molar-refractivity contribution >= 4 is 0 Å². The first-order chi connectivity index (χ1) is 4.65. The first-order valence-electron chi connectivity index (χ1n) is 3.58. The van der Waals surface area contributed by atoms with E-state index in [4.69, 9.17) is 5.73 Å². The molecule has 0 atom stereocenters. The van der Waals surface area contributed by atoms with Gasteiger partial charge in [0.1, 0.15) is 0 Å². The predicted octanol–water partition coefficient (Wildman–Crippen LogP) is 1.17. The van der Waals surface area contributed by atoms with E-state index in [2.05, 4.69) is 0 Å². The summed E-state index contributed by atoms with van der Waals surface area (Å²) in [5.41, 5.74) is 4.26. The second kappa shape index (κ2) is 2.77. The molecule has 0 aliphatic rings. The second-order valence-electron chi connectivity index (χ2n) is 4.23. The summed E-state index contributed by atoms with van der Waals surface area (Å²) in [5, 5.41) is 10.4. The highest BCUT2D eigenvalue weighted by atomic mass is 16.6. The number of nitrogens with zero attached hydrogens (tertiary/aromatic N) is 1. The fraction of sp³-hybridized carbons (Fsp3) is 1.00. The third kappa shape index (κ3) is 3.93. The zero-order valence-corrected chi connectivity index (χ0v) is 7.55. The van der Waals surface area contributed by atoms with Crippen LogP contribution >= 0.6 is 0 Å². The van der Waals surface area contributed by atoms with Crippen molar-refractivity contribution in [1.82, 2.24) is 0 Å². The molecule has 0 rings (SSSR count). The van der Waals surface area contributed by atoms with Crippen LogP contribution in [0.25, 0.3) is 0 Å². The standard InChI is InChI=1S/C7H16N2O2/c1-6(2,8)5-7(3,4)9(10)11/h5,8H2,1-4H3. The third-order valence-corrected chi connectivity index (χ3v) is 1.38. The Labute approximate surface area is 66.9 Å². The molecule has 0 amide bonds. The predicted molar refractivity (Wildman–Crippen MR) is 44.0 cm³/mol. The number of nitrogens with two attached hydrogens (primary N) is 1. The molecule has 0 spiro atoms. The zero-order chi connectivity index (χ0) is 9.28. The summed E-state index contributed by atoms with van der Waals surface area (Å²) < 4.78 is 0. The van der Waals surface area contributed by atoms with Crippen molar-refractivity contribution < 1.29 is 4.92 Å². The molecule has 2 N–H and O–H groups in total. The van der Waals surface area contributed by atoms with E-state index in [1.165, 1.54) is 0 Å². The molecular weight excluding hydrogens is 144 g/mol. The van der Waals surface area contributed by atoms with E-state index >= 15 is 0 Å². The van der Waals surface area contributed by atoms with Gasteiger partial charge in [0, 0.05) is 30.7 Å². The minimum Gasteiger partial charge on any atom is -0.325 e. The van der Waals surface area contributed by atoms with Crippen LogP contribution in [0.4, 0.5) is 0 Å². The van der Waals surface area contributed by atoms with Gasteiger partial charge in [0.25, 0.3) is 0 Å². The van der Waals surface area contributed by atoms with Crippen LogP contribution in [0.2, 0.25) is 0 Å². The van der Waals surface area contributed by atoms with Gasteiger partial charge in [0.15, 0.2) is 0 Å². The first-order valence-corrected chi connectivity index (χ1v) is 3.58. The monoisotopic (exact) mass is 160 g/mol. The van der Waals surface area contributed by atoms with E-state index < -0.39 is 11.1 Å². The van der Waals surface area contributed by atoms with Crippen LogP contribution in [0.5, 0.6) is 0 Å². The molecule has 0 bridgehead atoms. The van der Waals surface area contributed by atoms with Crippen molar-refractivity contribution in [3.8, 4) is 0 Å². The van der Waals surface area contributed by atoms with Gasteiger partial charge in [0.05, 0.1) is 0 Å². The molecule has 4 nitrogen and oxygen atoms in total. The number of nitro groups is 1. The largest absolute Gasteiger partial charge is 0.325 e. The van der Waals surface area contributed by atoms with Crippen molar-refractivity contribution in [2.45, 2.75) is 45.2 Å². The number of rotatable bonds is 3. The minimum absolute atomic E-state index is 0.290. The average Bonchev–Trinajstić information content (AvgIpc) is 1.56. The average molecular weight is 160 g/mol. The van der Waals surface area contributed by atoms with Crippen molar-refractivity contribution in [2.75, 3.05) is 0 Å². The Morgan fingerprint density at radius 2 is 1.73 bits per heavy atom. The maximum atomic E-state index is 10.4. The zero-order valence-electron chi connectivity index (χ0n) is 7.55. The fourth-order valence-electron chi connectivity index (χ4n) is 1.18. The van der Waals surface area contributed by atoms with Crippen LogP contribution in [-0.2, 0) is 0 Å². The first kappa shape index (κ1) is 10.4. The summed E-state index contributed by atoms with van der Waals surface area (Å²) in [7, 11) is 0. The van der Waals surface area contributed by atoms with Gasteiger partial charge in [-0.1, -0.05) is 0 Å². The van der Waals surface area contributed by atoms with Crippen LogP contribution in [0.15, 0.2) is 0 Å². The van der Waals surface area contributed by atoms with Crippen LogP contribution in [-0.4, -0.2) is 16.0 Å². The molecule has 11 heavy (non-hydrogen) atoms. The molecule has 0 heterocycles. The summed E-state index contributed by atoms with van der Waals surface area (Å²) in [5.74, 6) is 0. The van der Waals surface area contributed by atoms with Gasteiger partial charge >= 0.3 is 0 Å². The van der Waals surface area contributed by atoms with E-state index in [1.54, 1.807) is 27.7 Å². The molecule has 0 saturated carbocycles. The van der Waals surface area contributed by atoms with Crippen LogP contribution in [0.3, 0.4) is 0 Å². The van der Waals surface area contributed by atoms with Gasteiger partial charge in [-0.2, -0.15) is 0 Å². The van der Waals surface area contributed by atoms with Crippen molar-refractivity contribution in [1.29, 1.82) is 0 Å². The summed E-state index contributed by atoms with van der Waals surface area (Å²) in [4.78, 5) is 10.2. The Bertz CT molecular complexity index is 158. The Kier molecular flexibility index (Phi) is 2.61. The molecule has 0 radical (unpaired) electrons. The van der Waals surface area contributed by atoms with Crippen molar-refractivity contribution in [3.63, 3.8) is 0 Å². The van der Waals surface area contributed by atoms with Crippen LogP contribution < -0.4 is 5.73 Å². The van der Waals surface area contributed by atoms with Crippen LogP contribution in [0.1, 0.15) is 34.1 Å². The highest BCUT2D eigenvalue weighted by Gasteiger charge is 2.35. The lowest BCUT2D eigenvalue weighted by Gasteiger charge is -2.25. The number of hydrogen-bond acceptors (Lipinski definition) is 3. The van der Waals surface area contributed by atoms with E-state index in [-0.39, 0.29) is 4.92 Å². The Hall–Kier alpha value is -0.640. The van der Waals surface area contributed by atoms with E-state index in [0.29, 0.717) is 6.42 Å². The Morgan fingerprint density at radius 1 is 1.36 bits per heavy atom. The number of hydrogen-bond donors (Lipinski definition) is 1. The topological polar surface area (TPSA) is 69.2 Å². The molecule has 0 aromatic carbocycles. The minimum atomic E-state index is -0.918. The van der Waals surface area contributed by atoms with E-state index in [1.807, 2.05) is 0 Å². The summed E-state index contributed by atoms with van der Waals surface area (Å²) in [6.07, 6.45) is 0.382. The lowest BCUT2D eigenvalue weighted by atomic mass is 9.88. The quantitative estimate of drug-likeness (QED) is 0.497. The summed E-state index contributed by atoms with van der Waals surface area (Å²) in [6, 6.07) is 0. The van der Waals surface area contributed by atoms with Gasteiger partial charge in [-0.05, 0) is 13.8 Å². The molecule has 0 aliphatic heterocycles. The van der Waals surface area contributed by atoms with Crippen molar-refractivity contribution in [3.05, 3.63) is 10.1 Å². The molecule has 0 saturated heterocycles.